The lowest BCUT2D eigenvalue weighted by atomic mass is 10.0. The molecule has 5 nitrogen and oxygen atoms in total. The quantitative estimate of drug-likeness (QED) is 0.816. The van der Waals surface area contributed by atoms with Crippen molar-refractivity contribution in [3.8, 4) is 5.75 Å². The third-order valence-electron chi connectivity index (χ3n) is 4.60. The van der Waals surface area contributed by atoms with Crippen molar-refractivity contribution in [1.82, 2.24) is 14.9 Å². The molecular weight excluding hydrogens is 300 g/mol. The molecule has 3 rings (SSSR count). The van der Waals surface area contributed by atoms with Gasteiger partial charge in [0.25, 0.3) is 0 Å². The predicted molar refractivity (Wildman–Crippen MR) is 96.6 cm³/mol. The van der Waals surface area contributed by atoms with Crippen LogP contribution in [0.4, 0.5) is 5.82 Å². The van der Waals surface area contributed by atoms with Crippen molar-refractivity contribution >= 4 is 5.82 Å². The Labute approximate surface area is 144 Å². The maximum absolute atomic E-state index is 5.83. The molecule has 2 heterocycles. The summed E-state index contributed by atoms with van der Waals surface area (Å²) in [6.45, 7) is 5.89. The zero-order chi connectivity index (χ0) is 16.8. The number of rotatable bonds is 6. The number of anilines is 1. The highest BCUT2D eigenvalue weighted by atomic mass is 16.5. The maximum Gasteiger partial charge on any atom is 0.132 e. The number of piperidine rings is 1. The first-order valence-corrected chi connectivity index (χ1v) is 8.64. The molecule has 1 aromatic heterocycles. The van der Waals surface area contributed by atoms with E-state index < -0.39 is 0 Å². The van der Waals surface area contributed by atoms with Gasteiger partial charge in [0, 0.05) is 37.9 Å². The monoisotopic (exact) mass is 326 g/mol. The average molecular weight is 326 g/mol. The molecular formula is C19H26N4O. The first-order chi connectivity index (χ1) is 11.7. The third kappa shape index (κ3) is 4.45. The van der Waals surface area contributed by atoms with Crippen molar-refractivity contribution in [2.45, 2.75) is 25.8 Å². The van der Waals surface area contributed by atoms with Gasteiger partial charge < -0.3 is 9.64 Å². The first-order valence-electron chi connectivity index (χ1n) is 8.64. The smallest absolute Gasteiger partial charge is 0.132 e. The van der Waals surface area contributed by atoms with Crippen LogP contribution in [0.5, 0.6) is 5.75 Å². The van der Waals surface area contributed by atoms with E-state index >= 15 is 0 Å². The van der Waals surface area contributed by atoms with Gasteiger partial charge in [-0.2, -0.15) is 0 Å². The lowest BCUT2D eigenvalue weighted by Gasteiger charge is -2.38. The molecule has 0 bridgehead atoms. The van der Waals surface area contributed by atoms with Crippen molar-refractivity contribution in [2.75, 3.05) is 38.2 Å². The number of para-hydroxylation sites is 1. The Morgan fingerprint density at radius 3 is 2.88 bits per heavy atom. The molecule has 0 radical (unpaired) electrons. The molecule has 1 atom stereocenters. The second-order valence-electron chi connectivity index (χ2n) is 6.39. The van der Waals surface area contributed by atoms with E-state index in [9.17, 15) is 0 Å². The van der Waals surface area contributed by atoms with E-state index in [4.69, 9.17) is 4.74 Å². The number of nitrogens with zero attached hydrogens (tertiary/aromatic N) is 4. The summed E-state index contributed by atoms with van der Waals surface area (Å²) in [5.41, 5.74) is 1.01. The van der Waals surface area contributed by atoms with Gasteiger partial charge in [-0.1, -0.05) is 18.2 Å². The largest absolute Gasteiger partial charge is 0.492 e. The Hall–Kier alpha value is -2.14. The summed E-state index contributed by atoms with van der Waals surface area (Å²) in [5, 5.41) is 0. The molecule has 1 aliphatic heterocycles. The number of likely N-dealkylation sites (tertiary alicyclic amines) is 1. The summed E-state index contributed by atoms with van der Waals surface area (Å²) in [7, 11) is 2.14. The molecule has 2 aromatic rings. The second-order valence-corrected chi connectivity index (χ2v) is 6.39. The van der Waals surface area contributed by atoms with E-state index in [2.05, 4.69) is 32.9 Å². The molecule has 1 unspecified atom stereocenters. The fraction of sp³-hybridized carbons (Fsp3) is 0.474. The molecule has 1 saturated heterocycles. The van der Waals surface area contributed by atoms with Crippen molar-refractivity contribution in [1.29, 1.82) is 0 Å². The number of aryl methyl sites for hydroxylation is 1. The van der Waals surface area contributed by atoms with Crippen LogP contribution in [-0.4, -0.2) is 54.2 Å². The van der Waals surface area contributed by atoms with Gasteiger partial charge in [0.2, 0.25) is 0 Å². The lowest BCUT2D eigenvalue weighted by molar-refractivity contribution is 0.169. The number of hydrogen-bond donors (Lipinski definition) is 0. The van der Waals surface area contributed by atoms with E-state index in [0.717, 1.165) is 43.5 Å². The van der Waals surface area contributed by atoms with Gasteiger partial charge in [0.15, 0.2) is 0 Å². The van der Waals surface area contributed by atoms with E-state index in [1.807, 2.05) is 37.3 Å². The topological polar surface area (TPSA) is 41.5 Å². The minimum absolute atomic E-state index is 0.491. The van der Waals surface area contributed by atoms with Crippen molar-refractivity contribution in [2.24, 2.45) is 0 Å². The van der Waals surface area contributed by atoms with E-state index in [0.29, 0.717) is 6.04 Å². The van der Waals surface area contributed by atoms with Crippen LogP contribution in [-0.2, 0) is 0 Å². The van der Waals surface area contributed by atoms with Gasteiger partial charge >= 0.3 is 0 Å². The molecule has 1 aliphatic rings. The lowest BCUT2D eigenvalue weighted by Crippen LogP contribution is -2.47. The molecule has 128 valence electrons. The van der Waals surface area contributed by atoms with Gasteiger partial charge in [-0.25, -0.2) is 9.97 Å². The SMILES string of the molecule is Cc1cc(N(C)C2CCCN(CCOc3ccccc3)C2)ncn1. The fourth-order valence-corrected chi connectivity index (χ4v) is 3.18. The Morgan fingerprint density at radius 2 is 2.08 bits per heavy atom. The van der Waals surface area contributed by atoms with E-state index in [-0.39, 0.29) is 0 Å². The average Bonchev–Trinajstić information content (AvgIpc) is 2.62. The highest BCUT2D eigenvalue weighted by Gasteiger charge is 2.24. The summed E-state index contributed by atoms with van der Waals surface area (Å²) in [6, 6.07) is 12.6. The van der Waals surface area contributed by atoms with Crippen LogP contribution in [0.3, 0.4) is 0 Å². The number of ether oxygens (including phenoxy) is 1. The van der Waals surface area contributed by atoms with Crippen LogP contribution in [0, 0.1) is 6.92 Å². The molecule has 1 aromatic carbocycles. The molecule has 1 fully saturated rings. The van der Waals surface area contributed by atoms with Crippen LogP contribution in [0.1, 0.15) is 18.5 Å². The zero-order valence-electron chi connectivity index (χ0n) is 14.6. The van der Waals surface area contributed by atoms with Crippen LogP contribution < -0.4 is 9.64 Å². The highest BCUT2D eigenvalue weighted by Crippen LogP contribution is 2.20. The van der Waals surface area contributed by atoms with Gasteiger partial charge in [0.1, 0.15) is 24.5 Å². The number of likely N-dealkylation sites (N-methyl/N-ethyl adjacent to an activating group) is 1. The summed E-state index contributed by atoms with van der Waals surface area (Å²) in [5.74, 6) is 1.95. The van der Waals surface area contributed by atoms with Crippen molar-refractivity contribution in [3.05, 3.63) is 48.4 Å². The van der Waals surface area contributed by atoms with Crippen molar-refractivity contribution in [3.63, 3.8) is 0 Å². The Balaban J connectivity index is 1.50. The summed E-state index contributed by atoms with van der Waals surface area (Å²) < 4.78 is 5.83. The second kappa shape index (κ2) is 8.11. The van der Waals surface area contributed by atoms with Crippen molar-refractivity contribution < 1.29 is 4.74 Å². The van der Waals surface area contributed by atoms with Crippen LogP contribution in [0.15, 0.2) is 42.7 Å². The molecule has 0 aliphatic carbocycles. The summed E-state index contributed by atoms with van der Waals surface area (Å²) in [6.07, 6.45) is 4.06. The Bertz CT molecular complexity index is 634. The Morgan fingerprint density at radius 1 is 1.25 bits per heavy atom. The highest BCUT2D eigenvalue weighted by molar-refractivity contribution is 5.39. The molecule has 5 heteroatoms. The number of benzene rings is 1. The predicted octanol–water partition coefficient (Wildman–Crippen LogP) is 2.76. The molecule has 0 spiro atoms. The molecule has 0 N–H and O–H groups in total. The molecule has 0 amide bonds. The fourth-order valence-electron chi connectivity index (χ4n) is 3.18. The number of aromatic nitrogens is 2. The summed E-state index contributed by atoms with van der Waals surface area (Å²) >= 11 is 0. The molecule has 0 saturated carbocycles. The van der Waals surface area contributed by atoms with E-state index in [1.54, 1.807) is 6.33 Å². The maximum atomic E-state index is 5.83. The van der Waals surface area contributed by atoms with Crippen LogP contribution >= 0.6 is 0 Å². The minimum Gasteiger partial charge on any atom is -0.492 e. The first kappa shape index (κ1) is 16.7. The summed E-state index contributed by atoms with van der Waals surface area (Å²) in [4.78, 5) is 13.4. The Kier molecular flexibility index (Phi) is 5.64. The van der Waals surface area contributed by atoms with Crippen LogP contribution in [0.25, 0.3) is 0 Å². The van der Waals surface area contributed by atoms with Crippen LogP contribution in [0.2, 0.25) is 0 Å². The normalized spacial score (nSPS) is 18.3. The van der Waals surface area contributed by atoms with Gasteiger partial charge in [-0.15, -0.1) is 0 Å². The van der Waals surface area contributed by atoms with E-state index in [1.165, 1.54) is 12.8 Å². The van der Waals surface area contributed by atoms with Gasteiger partial charge in [0.05, 0.1) is 0 Å². The van der Waals surface area contributed by atoms with Gasteiger partial charge in [-0.05, 0) is 38.4 Å². The standard InChI is InChI=1S/C19H26N4O/c1-16-13-19(21-15-20-16)22(2)17-7-6-10-23(14-17)11-12-24-18-8-4-3-5-9-18/h3-5,8-9,13,15,17H,6-7,10-12,14H2,1-2H3. The molecule has 24 heavy (non-hydrogen) atoms. The van der Waals surface area contributed by atoms with Gasteiger partial charge in [-0.3, -0.25) is 4.90 Å². The minimum atomic E-state index is 0.491. The third-order valence-corrected chi connectivity index (χ3v) is 4.60. The number of hydrogen-bond acceptors (Lipinski definition) is 5. The zero-order valence-corrected chi connectivity index (χ0v) is 14.6.